The van der Waals surface area contributed by atoms with Crippen LogP contribution in [0.2, 0.25) is 5.02 Å². The molecule has 1 aliphatic heterocycles. The molecule has 0 bridgehead atoms. The molecule has 158 valence electrons. The van der Waals surface area contributed by atoms with E-state index in [0.717, 1.165) is 24.2 Å². The van der Waals surface area contributed by atoms with Crippen LogP contribution in [0.3, 0.4) is 0 Å². The fraction of sp³-hybridized carbons (Fsp3) is 0.208. The van der Waals surface area contributed by atoms with E-state index in [9.17, 15) is 9.59 Å². The maximum Gasteiger partial charge on any atom is 0.255 e. The van der Waals surface area contributed by atoms with Crippen LogP contribution in [0.5, 0.6) is 0 Å². The monoisotopic (exact) mass is 434 g/mol. The van der Waals surface area contributed by atoms with Crippen LogP contribution in [0.1, 0.15) is 23.2 Å². The number of anilines is 3. The molecule has 1 unspecified atom stereocenters. The molecule has 0 radical (unpaired) electrons. The molecule has 1 aromatic heterocycles. The molecular formula is C24H23ClN4O2. The van der Waals surface area contributed by atoms with Gasteiger partial charge in [-0.3, -0.25) is 9.59 Å². The Balaban J connectivity index is 1.45. The van der Waals surface area contributed by atoms with E-state index in [0.29, 0.717) is 29.5 Å². The highest BCUT2D eigenvalue weighted by Crippen LogP contribution is 2.25. The van der Waals surface area contributed by atoms with E-state index in [1.165, 1.54) is 6.20 Å². The minimum atomic E-state index is -0.288. The Hall–Kier alpha value is -3.38. The summed E-state index contributed by atoms with van der Waals surface area (Å²) in [6.45, 7) is 0.999. The largest absolute Gasteiger partial charge is 0.355 e. The number of para-hydroxylation sites is 2. The molecule has 6 nitrogen and oxygen atoms in total. The normalized spacial score (nSPS) is 15.9. The van der Waals surface area contributed by atoms with Crippen LogP contribution in [0.15, 0.2) is 72.9 Å². The van der Waals surface area contributed by atoms with Gasteiger partial charge in [0.05, 0.1) is 22.2 Å². The predicted octanol–water partition coefficient (Wildman–Crippen LogP) is 4.97. The van der Waals surface area contributed by atoms with E-state index >= 15 is 0 Å². The van der Waals surface area contributed by atoms with Crippen LogP contribution < -0.4 is 10.6 Å². The van der Waals surface area contributed by atoms with Gasteiger partial charge in [-0.15, -0.1) is 0 Å². The van der Waals surface area contributed by atoms with Crippen LogP contribution in [0.25, 0.3) is 0 Å². The number of hydrogen-bond acceptors (Lipinski definition) is 4. The Labute approximate surface area is 186 Å². The number of nitrogens with one attached hydrogen (secondary N) is 2. The van der Waals surface area contributed by atoms with Crippen molar-refractivity contribution in [2.75, 3.05) is 23.7 Å². The molecule has 31 heavy (non-hydrogen) atoms. The van der Waals surface area contributed by atoms with Crippen molar-refractivity contribution in [3.8, 4) is 0 Å². The number of likely N-dealkylation sites (tertiary alicyclic amines) is 1. The highest BCUT2D eigenvalue weighted by Gasteiger charge is 2.30. The topological polar surface area (TPSA) is 74.3 Å². The van der Waals surface area contributed by atoms with Crippen LogP contribution in [0.4, 0.5) is 17.2 Å². The summed E-state index contributed by atoms with van der Waals surface area (Å²) in [5.41, 5.74) is 2.25. The molecule has 7 heteroatoms. The number of rotatable bonds is 5. The average Bonchev–Trinajstić information content (AvgIpc) is 2.81. The lowest BCUT2D eigenvalue weighted by Gasteiger charge is -2.32. The van der Waals surface area contributed by atoms with Crippen molar-refractivity contribution in [1.82, 2.24) is 9.88 Å². The zero-order valence-corrected chi connectivity index (χ0v) is 17.7. The first-order chi connectivity index (χ1) is 15.1. The van der Waals surface area contributed by atoms with E-state index in [4.69, 9.17) is 11.6 Å². The van der Waals surface area contributed by atoms with E-state index in [1.807, 2.05) is 54.6 Å². The zero-order chi connectivity index (χ0) is 21.6. The SMILES string of the molecule is O=C(Nc1ccc(Cl)cn1)C1CCCN(C(=O)c2ccccc2Nc2ccccc2)C1. The molecular weight excluding hydrogens is 412 g/mol. The van der Waals surface area contributed by atoms with Crippen LogP contribution in [-0.2, 0) is 4.79 Å². The number of pyridine rings is 1. The van der Waals surface area contributed by atoms with E-state index in [1.54, 1.807) is 17.0 Å². The number of carbonyl (C=O) groups excluding carboxylic acids is 2. The van der Waals surface area contributed by atoms with Gasteiger partial charge in [-0.25, -0.2) is 4.98 Å². The summed E-state index contributed by atoms with van der Waals surface area (Å²) in [4.78, 5) is 31.9. The first kappa shape index (κ1) is 20.9. The standard InChI is InChI=1S/C24H23ClN4O2/c25-18-12-13-22(26-15-18)28-23(30)17-7-6-14-29(16-17)24(31)20-10-4-5-11-21(20)27-19-8-2-1-3-9-19/h1-5,8-13,15,17,27H,6-7,14,16H2,(H,26,28,30). The lowest BCUT2D eigenvalue weighted by molar-refractivity contribution is -0.121. The molecule has 1 atom stereocenters. The van der Waals surface area contributed by atoms with Crippen LogP contribution in [0, 0.1) is 5.92 Å². The highest BCUT2D eigenvalue weighted by molar-refractivity contribution is 6.30. The molecule has 4 rings (SSSR count). The summed E-state index contributed by atoms with van der Waals surface area (Å²) < 4.78 is 0. The molecule has 2 heterocycles. The van der Waals surface area contributed by atoms with Gasteiger partial charge in [-0.1, -0.05) is 41.9 Å². The van der Waals surface area contributed by atoms with Crippen molar-refractivity contribution in [3.05, 3.63) is 83.5 Å². The third-order valence-corrected chi connectivity index (χ3v) is 5.49. The third kappa shape index (κ3) is 5.22. The summed E-state index contributed by atoms with van der Waals surface area (Å²) in [6.07, 6.45) is 2.99. The van der Waals surface area contributed by atoms with Gasteiger partial charge in [0, 0.05) is 25.0 Å². The summed E-state index contributed by atoms with van der Waals surface area (Å²) in [5, 5.41) is 6.65. The third-order valence-electron chi connectivity index (χ3n) is 5.27. The van der Waals surface area contributed by atoms with Crippen molar-refractivity contribution >= 4 is 40.6 Å². The average molecular weight is 435 g/mol. The molecule has 0 saturated carbocycles. The minimum absolute atomic E-state index is 0.0823. The van der Waals surface area contributed by atoms with Crippen LogP contribution in [-0.4, -0.2) is 34.8 Å². The fourth-order valence-electron chi connectivity index (χ4n) is 3.68. The zero-order valence-electron chi connectivity index (χ0n) is 16.9. The second kappa shape index (κ2) is 9.62. The molecule has 1 fully saturated rings. The summed E-state index contributed by atoms with van der Waals surface area (Å²) in [6, 6.07) is 20.5. The summed E-state index contributed by atoms with van der Waals surface area (Å²) >= 11 is 5.85. The van der Waals surface area contributed by atoms with E-state index in [-0.39, 0.29) is 17.7 Å². The lowest BCUT2D eigenvalue weighted by atomic mass is 9.96. The maximum absolute atomic E-state index is 13.3. The molecule has 1 saturated heterocycles. The van der Waals surface area contributed by atoms with Crippen molar-refractivity contribution in [3.63, 3.8) is 0 Å². The predicted molar refractivity (Wildman–Crippen MR) is 123 cm³/mol. The number of piperidine rings is 1. The molecule has 1 aliphatic rings. The second-order valence-electron chi connectivity index (χ2n) is 7.48. The number of amides is 2. The van der Waals surface area contributed by atoms with Crippen molar-refractivity contribution in [1.29, 1.82) is 0 Å². The highest BCUT2D eigenvalue weighted by atomic mass is 35.5. The van der Waals surface area contributed by atoms with Gasteiger partial charge < -0.3 is 15.5 Å². The molecule has 2 amide bonds. The minimum Gasteiger partial charge on any atom is -0.355 e. The van der Waals surface area contributed by atoms with Gasteiger partial charge in [-0.2, -0.15) is 0 Å². The van der Waals surface area contributed by atoms with Gasteiger partial charge in [0.2, 0.25) is 5.91 Å². The fourth-order valence-corrected chi connectivity index (χ4v) is 3.79. The lowest BCUT2D eigenvalue weighted by Crippen LogP contribution is -2.44. The van der Waals surface area contributed by atoms with Gasteiger partial charge in [0.25, 0.3) is 5.91 Å². The Morgan fingerprint density at radius 3 is 2.55 bits per heavy atom. The molecule has 2 N–H and O–H groups in total. The Morgan fingerprint density at radius 2 is 1.77 bits per heavy atom. The smallest absolute Gasteiger partial charge is 0.255 e. The Morgan fingerprint density at radius 1 is 1.00 bits per heavy atom. The van der Waals surface area contributed by atoms with Gasteiger partial charge in [0.1, 0.15) is 5.82 Å². The summed E-state index contributed by atoms with van der Waals surface area (Å²) in [7, 11) is 0. The van der Waals surface area contributed by atoms with Gasteiger partial charge >= 0.3 is 0 Å². The molecule has 0 spiro atoms. The molecule has 0 aliphatic carbocycles. The molecule has 2 aromatic carbocycles. The number of hydrogen-bond donors (Lipinski definition) is 2. The van der Waals surface area contributed by atoms with Crippen molar-refractivity contribution in [2.45, 2.75) is 12.8 Å². The maximum atomic E-state index is 13.3. The number of aromatic nitrogens is 1. The van der Waals surface area contributed by atoms with Crippen LogP contribution >= 0.6 is 11.6 Å². The Kier molecular flexibility index (Phi) is 6.48. The van der Waals surface area contributed by atoms with Gasteiger partial charge in [0.15, 0.2) is 0 Å². The first-order valence-electron chi connectivity index (χ1n) is 10.2. The van der Waals surface area contributed by atoms with Gasteiger partial charge in [-0.05, 0) is 49.2 Å². The van der Waals surface area contributed by atoms with E-state index in [2.05, 4.69) is 15.6 Å². The van der Waals surface area contributed by atoms with Crippen molar-refractivity contribution in [2.24, 2.45) is 5.92 Å². The molecule has 3 aromatic rings. The second-order valence-corrected chi connectivity index (χ2v) is 7.91. The quantitative estimate of drug-likeness (QED) is 0.594. The first-order valence-corrected chi connectivity index (χ1v) is 10.6. The number of carbonyl (C=O) groups is 2. The number of nitrogens with zero attached hydrogens (tertiary/aromatic N) is 2. The Bertz CT molecular complexity index is 1060. The number of halogens is 1. The number of benzene rings is 2. The van der Waals surface area contributed by atoms with E-state index < -0.39 is 0 Å². The summed E-state index contributed by atoms with van der Waals surface area (Å²) in [5.74, 6) is -0.0520. The van der Waals surface area contributed by atoms with Crippen molar-refractivity contribution < 1.29 is 9.59 Å².